The molecule has 0 fully saturated rings. The molecular formula is C12H17N5O5. The summed E-state index contributed by atoms with van der Waals surface area (Å²) < 4.78 is 10.1. The van der Waals surface area contributed by atoms with Gasteiger partial charge in [-0.25, -0.2) is 4.99 Å². The first-order chi connectivity index (χ1) is 10.5. The molecular weight excluding hydrogens is 294 g/mol. The lowest BCUT2D eigenvalue weighted by atomic mass is 10.2. The van der Waals surface area contributed by atoms with Gasteiger partial charge in [0.25, 0.3) is 5.91 Å². The summed E-state index contributed by atoms with van der Waals surface area (Å²) >= 11 is 0. The molecule has 2 N–H and O–H groups in total. The predicted molar refractivity (Wildman–Crippen MR) is 74.8 cm³/mol. The molecule has 2 heterocycles. The van der Waals surface area contributed by atoms with E-state index in [0.717, 1.165) is 0 Å². The molecule has 2 rings (SSSR count). The highest BCUT2D eigenvalue weighted by Gasteiger charge is 2.39. The van der Waals surface area contributed by atoms with Crippen LogP contribution in [0.15, 0.2) is 9.98 Å². The molecule has 0 aromatic heterocycles. The average molecular weight is 311 g/mol. The van der Waals surface area contributed by atoms with Crippen molar-refractivity contribution in [2.45, 2.75) is 26.1 Å². The number of amides is 2. The molecule has 0 saturated carbocycles. The van der Waals surface area contributed by atoms with Gasteiger partial charge in [0.2, 0.25) is 11.9 Å². The van der Waals surface area contributed by atoms with Gasteiger partial charge < -0.3 is 14.4 Å². The Morgan fingerprint density at radius 3 is 2.86 bits per heavy atom. The van der Waals surface area contributed by atoms with E-state index in [1.54, 1.807) is 4.90 Å². The van der Waals surface area contributed by atoms with E-state index in [0.29, 0.717) is 0 Å². The van der Waals surface area contributed by atoms with Crippen molar-refractivity contribution in [3.8, 4) is 0 Å². The van der Waals surface area contributed by atoms with E-state index in [9.17, 15) is 14.4 Å². The fourth-order valence-electron chi connectivity index (χ4n) is 1.94. The second-order valence-corrected chi connectivity index (χ2v) is 4.66. The number of nitrogens with one attached hydrogen (secondary N) is 2. The number of carbonyl (C=O) groups excluding carboxylic acids is 3. The van der Waals surface area contributed by atoms with Gasteiger partial charge in [-0.1, -0.05) is 0 Å². The second kappa shape index (κ2) is 6.98. The van der Waals surface area contributed by atoms with Crippen LogP contribution < -0.4 is 10.6 Å². The van der Waals surface area contributed by atoms with Crippen LogP contribution in [-0.2, 0) is 23.9 Å². The number of nitrogens with zero attached hydrogens (tertiary/aromatic N) is 3. The van der Waals surface area contributed by atoms with Gasteiger partial charge >= 0.3 is 5.97 Å². The molecule has 2 unspecified atom stereocenters. The van der Waals surface area contributed by atoms with Crippen molar-refractivity contribution >= 4 is 30.1 Å². The molecule has 10 nitrogen and oxygen atoms in total. The predicted octanol–water partition coefficient (Wildman–Crippen LogP) is -1.82. The van der Waals surface area contributed by atoms with E-state index in [1.165, 1.54) is 20.2 Å². The molecule has 120 valence electrons. The van der Waals surface area contributed by atoms with Crippen LogP contribution in [0.4, 0.5) is 0 Å². The lowest BCUT2D eigenvalue weighted by molar-refractivity contribution is -0.143. The maximum atomic E-state index is 11.9. The van der Waals surface area contributed by atoms with Crippen molar-refractivity contribution in [1.82, 2.24) is 15.5 Å². The van der Waals surface area contributed by atoms with Gasteiger partial charge in [-0.15, -0.1) is 0 Å². The first-order valence-corrected chi connectivity index (χ1v) is 6.64. The quantitative estimate of drug-likeness (QED) is 0.455. The summed E-state index contributed by atoms with van der Waals surface area (Å²) in [5.41, 5.74) is 0. The fourth-order valence-corrected chi connectivity index (χ4v) is 1.94. The smallest absolute Gasteiger partial charge is 0.302 e. The van der Waals surface area contributed by atoms with Crippen LogP contribution in [0.25, 0.3) is 0 Å². The van der Waals surface area contributed by atoms with E-state index in [-0.39, 0.29) is 43.7 Å². The topological polar surface area (TPSA) is 122 Å². The summed E-state index contributed by atoms with van der Waals surface area (Å²) in [5, 5.41) is 4.90. The zero-order valence-corrected chi connectivity index (χ0v) is 12.2. The minimum absolute atomic E-state index is 0.0918. The first kappa shape index (κ1) is 15.9. The fraction of sp³-hybridized carbons (Fsp3) is 0.583. The minimum atomic E-state index is -0.672. The third kappa shape index (κ3) is 4.01. The Hall–Kier alpha value is -2.49. The molecule has 10 heteroatoms. The van der Waals surface area contributed by atoms with Crippen LogP contribution in [0.3, 0.4) is 0 Å². The number of carbonyl (C=O) groups is 3. The van der Waals surface area contributed by atoms with Crippen molar-refractivity contribution in [1.29, 1.82) is 0 Å². The lowest BCUT2D eigenvalue weighted by Crippen LogP contribution is -2.56. The average Bonchev–Trinajstić information content (AvgIpc) is 2.81. The monoisotopic (exact) mass is 311 g/mol. The van der Waals surface area contributed by atoms with Gasteiger partial charge in [0.05, 0.1) is 12.9 Å². The molecule has 2 aliphatic rings. The van der Waals surface area contributed by atoms with Gasteiger partial charge in [0.1, 0.15) is 13.3 Å². The third-order valence-electron chi connectivity index (χ3n) is 2.84. The highest BCUT2D eigenvalue weighted by Crippen LogP contribution is 2.18. The van der Waals surface area contributed by atoms with E-state index in [1.807, 2.05) is 0 Å². The Morgan fingerprint density at radius 1 is 1.41 bits per heavy atom. The molecule has 0 spiro atoms. The summed E-state index contributed by atoms with van der Waals surface area (Å²) in [6.07, 6.45) is 0.908. The Kier molecular flexibility index (Phi) is 5.04. The standard InChI is InChI=1S/C12H17N5O5/c1-7(18)14-12-15-10-9(11(20)16-12)13-5-17(10)6-21-3-4-22-8(2)19/h5,9-10H,3-4,6H2,1-2H3,(H2,14,15,16,18,20). The Morgan fingerprint density at radius 2 is 2.18 bits per heavy atom. The normalized spacial score (nSPS) is 22.7. The number of ether oxygens (including phenoxy) is 2. The number of esters is 1. The number of aliphatic imine (C=N–C) groups is 2. The largest absolute Gasteiger partial charge is 0.463 e. The number of hydrogen-bond donors (Lipinski definition) is 2. The highest BCUT2D eigenvalue weighted by atomic mass is 16.6. The third-order valence-corrected chi connectivity index (χ3v) is 2.84. The summed E-state index contributed by atoms with van der Waals surface area (Å²) in [4.78, 5) is 43.4. The maximum Gasteiger partial charge on any atom is 0.302 e. The van der Waals surface area contributed by atoms with Crippen molar-refractivity contribution in [3.63, 3.8) is 0 Å². The zero-order valence-electron chi connectivity index (χ0n) is 12.2. The molecule has 2 atom stereocenters. The van der Waals surface area contributed by atoms with Crippen LogP contribution in [0.2, 0.25) is 0 Å². The number of rotatable bonds is 5. The van der Waals surface area contributed by atoms with Gasteiger partial charge in [0.15, 0.2) is 12.2 Å². The first-order valence-electron chi connectivity index (χ1n) is 6.64. The van der Waals surface area contributed by atoms with Crippen molar-refractivity contribution in [2.75, 3.05) is 19.9 Å². The van der Waals surface area contributed by atoms with Gasteiger partial charge in [-0.2, -0.15) is 0 Å². The molecule has 22 heavy (non-hydrogen) atoms. The summed E-state index contributed by atoms with van der Waals surface area (Å²) in [7, 11) is 0. The van der Waals surface area contributed by atoms with Crippen molar-refractivity contribution in [2.24, 2.45) is 9.98 Å². The molecule has 0 aliphatic carbocycles. The van der Waals surface area contributed by atoms with Crippen LogP contribution >= 0.6 is 0 Å². The van der Waals surface area contributed by atoms with Crippen LogP contribution in [0.5, 0.6) is 0 Å². The molecule has 2 aliphatic heterocycles. The van der Waals surface area contributed by atoms with Crippen molar-refractivity contribution in [3.05, 3.63) is 0 Å². The minimum Gasteiger partial charge on any atom is -0.463 e. The number of guanidine groups is 1. The number of fused-ring (bicyclic) bond motifs is 1. The maximum absolute atomic E-state index is 11.9. The van der Waals surface area contributed by atoms with E-state index >= 15 is 0 Å². The van der Waals surface area contributed by atoms with Gasteiger partial charge in [0, 0.05) is 13.8 Å². The van der Waals surface area contributed by atoms with E-state index in [4.69, 9.17) is 9.47 Å². The van der Waals surface area contributed by atoms with Crippen LogP contribution in [-0.4, -0.2) is 67.1 Å². The van der Waals surface area contributed by atoms with Gasteiger partial charge in [-0.05, 0) is 0 Å². The molecule has 2 amide bonds. The molecule has 0 aromatic rings. The van der Waals surface area contributed by atoms with Gasteiger partial charge in [-0.3, -0.25) is 30.0 Å². The highest BCUT2D eigenvalue weighted by molar-refractivity contribution is 6.07. The molecule has 0 bridgehead atoms. The Bertz CT molecular complexity index is 532. The van der Waals surface area contributed by atoms with Crippen LogP contribution in [0.1, 0.15) is 13.8 Å². The summed E-state index contributed by atoms with van der Waals surface area (Å²) in [5.74, 6) is -0.961. The molecule has 0 radical (unpaired) electrons. The van der Waals surface area contributed by atoms with Crippen molar-refractivity contribution < 1.29 is 23.9 Å². The van der Waals surface area contributed by atoms with Crippen LogP contribution in [0, 0.1) is 0 Å². The van der Waals surface area contributed by atoms with E-state index < -0.39 is 12.2 Å². The second-order valence-electron chi connectivity index (χ2n) is 4.66. The number of hydrogen-bond acceptors (Lipinski definition) is 8. The summed E-state index contributed by atoms with van der Waals surface area (Å²) in [6.45, 7) is 3.14. The zero-order chi connectivity index (χ0) is 16.1. The van der Waals surface area contributed by atoms with E-state index in [2.05, 4.69) is 20.6 Å². The summed E-state index contributed by atoms with van der Waals surface area (Å²) in [6, 6.07) is -0.672. The Labute approximate surface area is 126 Å². The molecule has 0 saturated heterocycles. The Balaban J connectivity index is 1.88. The molecule has 0 aromatic carbocycles. The lowest BCUT2D eigenvalue weighted by Gasteiger charge is -2.28. The SMILES string of the molecule is CC(=O)NC1=NC2C(N=CN2COCCOC(C)=O)C(=O)N1.